The summed E-state index contributed by atoms with van der Waals surface area (Å²) in [7, 11) is 3.99. The molecule has 0 spiro atoms. The molecule has 0 radical (unpaired) electrons. The van der Waals surface area contributed by atoms with Gasteiger partial charge in [-0.3, -0.25) is 0 Å². The number of nitrogens with zero attached hydrogens (tertiary/aromatic N) is 3. The maximum absolute atomic E-state index is 12.3. The second-order valence-electron chi connectivity index (χ2n) is 8.43. The zero-order chi connectivity index (χ0) is 22.5. The topological polar surface area (TPSA) is 82.2 Å². The summed E-state index contributed by atoms with van der Waals surface area (Å²) in [5.74, 6) is 1.58. The third kappa shape index (κ3) is 5.68. The molecule has 2 amide bonds. The van der Waals surface area contributed by atoms with E-state index in [4.69, 9.17) is 9.97 Å². The van der Waals surface area contributed by atoms with E-state index in [1.54, 1.807) is 0 Å². The van der Waals surface area contributed by atoms with Crippen LogP contribution in [0.4, 0.5) is 16.6 Å². The minimum Gasteiger partial charge on any atom is -0.362 e. The molecule has 3 N–H and O–H groups in total. The van der Waals surface area contributed by atoms with Gasteiger partial charge in [-0.1, -0.05) is 40.2 Å². The van der Waals surface area contributed by atoms with Gasteiger partial charge in [-0.05, 0) is 55.5 Å². The smallest absolute Gasteiger partial charge is 0.315 e. The Morgan fingerprint density at radius 1 is 1.00 bits per heavy atom. The van der Waals surface area contributed by atoms with Gasteiger partial charge in [-0.25, -0.2) is 9.78 Å². The standard InChI is InChI=1S/C24H29BrN6O/c1-31(2)22-20-5-3-4-6-21(20)29-23(30-22)27-18-11-13-19(14-12-18)28-24(32)26-15-16-7-9-17(25)10-8-16/h3-10,18-19H,11-15H2,1-2H3,(H2,26,28,32)(H,27,29,30). The number of para-hydroxylation sites is 1. The molecule has 0 saturated heterocycles. The average molecular weight is 497 g/mol. The number of rotatable bonds is 6. The Morgan fingerprint density at radius 2 is 1.69 bits per heavy atom. The van der Waals surface area contributed by atoms with Crippen molar-refractivity contribution in [3.63, 3.8) is 0 Å². The number of halogens is 1. The molecule has 0 bridgehead atoms. The maximum Gasteiger partial charge on any atom is 0.315 e. The van der Waals surface area contributed by atoms with Gasteiger partial charge in [0.15, 0.2) is 0 Å². The molecule has 1 saturated carbocycles. The highest BCUT2D eigenvalue weighted by molar-refractivity contribution is 9.10. The van der Waals surface area contributed by atoms with Crippen molar-refractivity contribution in [1.29, 1.82) is 0 Å². The number of carbonyl (C=O) groups is 1. The molecule has 1 aliphatic carbocycles. The zero-order valence-electron chi connectivity index (χ0n) is 18.4. The van der Waals surface area contributed by atoms with Gasteiger partial charge in [-0.15, -0.1) is 0 Å². The normalized spacial score (nSPS) is 18.2. The number of hydrogen-bond donors (Lipinski definition) is 3. The van der Waals surface area contributed by atoms with E-state index < -0.39 is 0 Å². The lowest BCUT2D eigenvalue weighted by Crippen LogP contribution is -2.44. The monoisotopic (exact) mass is 496 g/mol. The highest BCUT2D eigenvalue weighted by Gasteiger charge is 2.23. The van der Waals surface area contributed by atoms with Crippen LogP contribution in [-0.4, -0.2) is 42.2 Å². The first-order valence-electron chi connectivity index (χ1n) is 11.0. The zero-order valence-corrected chi connectivity index (χ0v) is 20.0. The first kappa shape index (κ1) is 22.3. The number of carbonyl (C=O) groups excluding carboxylic acids is 1. The van der Waals surface area contributed by atoms with E-state index in [0.29, 0.717) is 18.5 Å². The molecular weight excluding hydrogens is 468 g/mol. The summed E-state index contributed by atoms with van der Waals surface area (Å²) in [5, 5.41) is 10.6. The van der Waals surface area contributed by atoms with Gasteiger partial charge in [0.1, 0.15) is 5.82 Å². The number of nitrogens with one attached hydrogen (secondary N) is 3. The van der Waals surface area contributed by atoms with Crippen LogP contribution in [0, 0.1) is 0 Å². The predicted molar refractivity (Wildman–Crippen MR) is 133 cm³/mol. The van der Waals surface area contributed by atoms with Crippen molar-refractivity contribution < 1.29 is 4.79 Å². The van der Waals surface area contributed by atoms with E-state index in [2.05, 4.69) is 31.9 Å². The lowest BCUT2D eigenvalue weighted by atomic mass is 9.91. The molecular formula is C24H29BrN6O. The molecule has 0 unspecified atom stereocenters. The third-order valence-corrected chi connectivity index (χ3v) is 6.30. The van der Waals surface area contributed by atoms with E-state index in [9.17, 15) is 4.79 Å². The SMILES string of the molecule is CN(C)c1nc(NC2CCC(NC(=O)NCc3ccc(Br)cc3)CC2)nc2ccccc12. The summed E-state index contributed by atoms with van der Waals surface area (Å²) >= 11 is 3.42. The number of amides is 2. The minimum absolute atomic E-state index is 0.113. The summed E-state index contributed by atoms with van der Waals surface area (Å²) in [6.07, 6.45) is 3.78. The van der Waals surface area contributed by atoms with E-state index in [0.717, 1.165) is 52.4 Å². The average Bonchev–Trinajstić information content (AvgIpc) is 2.79. The summed E-state index contributed by atoms with van der Waals surface area (Å²) < 4.78 is 1.03. The Labute approximate surface area is 197 Å². The van der Waals surface area contributed by atoms with Gasteiger partial charge in [0.05, 0.1) is 5.52 Å². The van der Waals surface area contributed by atoms with Crippen molar-refractivity contribution in [3.8, 4) is 0 Å². The minimum atomic E-state index is -0.113. The fourth-order valence-electron chi connectivity index (χ4n) is 4.05. The van der Waals surface area contributed by atoms with Crippen molar-refractivity contribution in [3.05, 3.63) is 58.6 Å². The van der Waals surface area contributed by atoms with Crippen LogP contribution >= 0.6 is 15.9 Å². The molecule has 32 heavy (non-hydrogen) atoms. The maximum atomic E-state index is 12.3. The first-order chi connectivity index (χ1) is 15.5. The number of hydrogen-bond acceptors (Lipinski definition) is 5. The van der Waals surface area contributed by atoms with Crippen LogP contribution in [0.5, 0.6) is 0 Å². The summed E-state index contributed by atoms with van der Waals surface area (Å²) in [6.45, 7) is 0.517. The van der Waals surface area contributed by atoms with E-state index in [-0.39, 0.29) is 12.1 Å². The summed E-state index contributed by atoms with van der Waals surface area (Å²) in [4.78, 5) is 23.7. The van der Waals surface area contributed by atoms with Gasteiger partial charge in [0.2, 0.25) is 5.95 Å². The number of aromatic nitrogens is 2. The number of urea groups is 1. The van der Waals surface area contributed by atoms with Crippen molar-refractivity contribution in [2.24, 2.45) is 0 Å². The number of benzene rings is 2. The van der Waals surface area contributed by atoms with Gasteiger partial charge in [0.25, 0.3) is 0 Å². The molecule has 3 aromatic rings. The number of fused-ring (bicyclic) bond motifs is 1. The van der Waals surface area contributed by atoms with Crippen molar-refractivity contribution in [2.75, 3.05) is 24.3 Å². The Kier molecular flexibility index (Phi) is 7.09. The lowest BCUT2D eigenvalue weighted by Gasteiger charge is -2.30. The van der Waals surface area contributed by atoms with Crippen LogP contribution < -0.4 is 20.9 Å². The van der Waals surface area contributed by atoms with Gasteiger partial charge in [-0.2, -0.15) is 4.98 Å². The van der Waals surface area contributed by atoms with E-state index in [1.165, 1.54) is 0 Å². The Hall–Kier alpha value is -2.87. The van der Waals surface area contributed by atoms with E-state index >= 15 is 0 Å². The molecule has 0 atom stereocenters. The van der Waals surface area contributed by atoms with E-state index in [1.807, 2.05) is 67.5 Å². The van der Waals surface area contributed by atoms with Crippen molar-refractivity contribution in [2.45, 2.75) is 44.3 Å². The fraction of sp³-hybridized carbons (Fsp3) is 0.375. The first-order valence-corrected chi connectivity index (χ1v) is 11.8. The molecule has 7 nitrogen and oxygen atoms in total. The van der Waals surface area contributed by atoms with Gasteiger partial charge in [0, 0.05) is 42.6 Å². The molecule has 1 aliphatic rings. The molecule has 1 fully saturated rings. The predicted octanol–water partition coefficient (Wildman–Crippen LogP) is 4.68. The second kappa shape index (κ2) is 10.2. The van der Waals surface area contributed by atoms with Crippen molar-refractivity contribution in [1.82, 2.24) is 20.6 Å². The molecule has 1 heterocycles. The quantitative estimate of drug-likeness (QED) is 0.461. The Bertz CT molecular complexity index is 1060. The van der Waals surface area contributed by atoms with Crippen LogP contribution in [0.25, 0.3) is 10.9 Å². The van der Waals surface area contributed by atoms with Crippen molar-refractivity contribution >= 4 is 44.6 Å². The van der Waals surface area contributed by atoms with Crippen LogP contribution in [0.1, 0.15) is 31.2 Å². The molecule has 8 heteroatoms. The molecule has 2 aromatic carbocycles. The number of anilines is 2. The van der Waals surface area contributed by atoms with Crippen LogP contribution in [0.3, 0.4) is 0 Å². The molecule has 1 aromatic heterocycles. The largest absolute Gasteiger partial charge is 0.362 e. The third-order valence-electron chi connectivity index (χ3n) is 5.77. The lowest BCUT2D eigenvalue weighted by molar-refractivity contribution is 0.231. The molecule has 168 valence electrons. The Morgan fingerprint density at radius 3 is 2.41 bits per heavy atom. The molecule has 4 rings (SSSR count). The highest BCUT2D eigenvalue weighted by Crippen LogP contribution is 2.26. The second-order valence-corrected chi connectivity index (χ2v) is 9.34. The van der Waals surface area contributed by atoms with Crippen LogP contribution in [0.15, 0.2) is 53.0 Å². The van der Waals surface area contributed by atoms with Gasteiger partial charge < -0.3 is 20.9 Å². The fourth-order valence-corrected chi connectivity index (χ4v) is 4.32. The molecule has 0 aliphatic heterocycles. The van der Waals surface area contributed by atoms with Crippen LogP contribution in [0.2, 0.25) is 0 Å². The van der Waals surface area contributed by atoms with Gasteiger partial charge >= 0.3 is 6.03 Å². The van der Waals surface area contributed by atoms with Crippen LogP contribution in [-0.2, 0) is 6.54 Å². The summed E-state index contributed by atoms with van der Waals surface area (Å²) in [6, 6.07) is 16.4. The highest BCUT2D eigenvalue weighted by atomic mass is 79.9. The summed E-state index contributed by atoms with van der Waals surface area (Å²) in [5.41, 5.74) is 2.01. The Balaban J connectivity index is 1.27.